The number of halogens is 1. The Balaban J connectivity index is 0.00000169. The van der Waals surface area contributed by atoms with E-state index >= 15 is 0 Å². The highest BCUT2D eigenvalue weighted by molar-refractivity contribution is 6.06. The molecule has 4 N–H and O–H groups in total. The molecule has 1 aliphatic heterocycles. The summed E-state index contributed by atoms with van der Waals surface area (Å²) in [4.78, 5) is 22.1. The Morgan fingerprint density at radius 3 is 2.43 bits per heavy atom. The van der Waals surface area contributed by atoms with E-state index in [9.17, 15) is 9.59 Å². The molecule has 0 bridgehead atoms. The third-order valence-corrected chi connectivity index (χ3v) is 2.25. The van der Waals surface area contributed by atoms with Crippen LogP contribution in [0.1, 0.15) is 26.2 Å². The van der Waals surface area contributed by atoms with Gasteiger partial charge in [0.15, 0.2) is 0 Å². The summed E-state index contributed by atoms with van der Waals surface area (Å²) < 4.78 is 0. The molecule has 0 aromatic carbocycles. The molecule has 0 aliphatic carbocycles. The largest absolute Gasteiger partial charge is 0.330 e. The number of carbonyl (C=O) groups is 2. The first-order valence-electron chi connectivity index (χ1n) is 4.42. The molecule has 1 aliphatic rings. The molecule has 0 spiro atoms. The fourth-order valence-electron chi connectivity index (χ4n) is 1.38. The molecule has 5 nitrogen and oxygen atoms in total. The summed E-state index contributed by atoms with van der Waals surface area (Å²) in [5.41, 5.74) is 4.60. The van der Waals surface area contributed by atoms with E-state index in [0.29, 0.717) is 13.0 Å². The molecule has 1 atom stereocenters. The summed E-state index contributed by atoms with van der Waals surface area (Å²) >= 11 is 0. The van der Waals surface area contributed by atoms with E-state index < -0.39 is 11.6 Å². The van der Waals surface area contributed by atoms with Gasteiger partial charge in [-0.3, -0.25) is 10.1 Å². The van der Waals surface area contributed by atoms with Crippen LogP contribution in [0.2, 0.25) is 0 Å². The highest BCUT2D eigenvalue weighted by Crippen LogP contribution is 2.17. The monoisotopic (exact) mass is 221 g/mol. The van der Waals surface area contributed by atoms with E-state index in [4.69, 9.17) is 5.73 Å². The summed E-state index contributed by atoms with van der Waals surface area (Å²) in [6.45, 7) is 2.34. The zero-order chi connectivity index (χ0) is 9.90. The van der Waals surface area contributed by atoms with Crippen molar-refractivity contribution in [2.75, 3.05) is 6.54 Å². The van der Waals surface area contributed by atoms with Gasteiger partial charge in [0.25, 0.3) is 5.91 Å². The van der Waals surface area contributed by atoms with Crippen molar-refractivity contribution in [3.05, 3.63) is 0 Å². The van der Waals surface area contributed by atoms with Crippen LogP contribution in [-0.4, -0.2) is 24.0 Å². The fourth-order valence-corrected chi connectivity index (χ4v) is 1.38. The SMILES string of the molecule is CC1(CCCCN)NC(=O)NC1=O.Cl. The zero-order valence-electron chi connectivity index (χ0n) is 8.13. The van der Waals surface area contributed by atoms with Gasteiger partial charge in [0.05, 0.1) is 0 Å². The molecule has 1 saturated heterocycles. The van der Waals surface area contributed by atoms with Gasteiger partial charge in [0, 0.05) is 0 Å². The second kappa shape index (κ2) is 5.17. The van der Waals surface area contributed by atoms with Crippen LogP contribution >= 0.6 is 12.4 Å². The van der Waals surface area contributed by atoms with E-state index in [-0.39, 0.29) is 18.3 Å². The van der Waals surface area contributed by atoms with Crippen molar-refractivity contribution in [1.29, 1.82) is 0 Å². The summed E-state index contributed by atoms with van der Waals surface area (Å²) in [6, 6.07) is -0.403. The van der Waals surface area contributed by atoms with Gasteiger partial charge < -0.3 is 11.1 Å². The molecule has 14 heavy (non-hydrogen) atoms. The first kappa shape index (κ1) is 13.2. The maximum Gasteiger partial charge on any atom is 0.322 e. The molecule has 0 aromatic heterocycles. The van der Waals surface area contributed by atoms with E-state index in [1.807, 2.05) is 0 Å². The minimum absolute atomic E-state index is 0. The van der Waals surface area contributed by atoms with Gasteiger partial charge in [-0.1, -0.05) is 0 Å². The number of hydrogen-bond donors (Lipinski definition) is 3. The molecule has 1 fully saturated rings. The number of urea groups is 1. The van der Waals surface area contributed by atoms with Crippen LogP contribution in [0.3, 0.4) is 0 Å². The van der Waals surface area contributed by atoms with Crippen LogP contribution < -0.4 is 16.4 Å². The van der Waals surface area contributed by atoms with Gasteiger partial charge in [-0.25, -0.2) is 4.79 Å². The highest BCUT2D eigenvalue weighted by Gasteiger charge is 2.40. The summed E-state index contributed by atoms with van der Waals surface area (Å²) in [7, 11) is 0. The molecule has 1 rings (SSSR count). The predicted molar refractivity (Wildman–Crippen MR) is 55.2 cm³/mol. The van der Waals surface area contributed by atoms with Gasteiger partial charge in [0.1, 0.15) is 5.54 Å². The van der Waals surface area contributed by atoms with E-state index in [0.717, 1.165) is 12.8 Å². The third kappa shape index (κ3) is 2.85. The Kier molecular flexibility index (Phi) is 4.87. The van der Waals surface area contributed by atoms with Crippen molar-refractivity contribution in [1.82, 2.24) is 10.6 Å². The second-order valence-electron chi connectivity index (χ2n) is 3.49. The smallest absolute Gasteiger partial charge is 0.322 e. The molecule has 3 amide bonds. The fraction of sp³-hybridized carbons (Fsp3) is 0.750. The Morgan fingerprint density at radius 1 is 1.36 bits per heavy atom. The predicted octanol–water partition coefficient (Wildman–Crippen LogP) is 0.135. The van der Waals surface area contributed by atoms with E-state index in [1.54, 1.807) is 6.92 Å². The Morgan fingerprint density at radius 2 is 2.00 bits per heavy atom. The quantitative estimate of drug-likeness (QED) is 0.466. The molecule has 0 aromatic rings. The first-order chi connectivity index (χ1) is 6.08. The maximum atomic E-state index is 11.3. The lowest BCUT2D eigenvalue weighted by Crippen LogP contribution is -2.43. The minimum atomic E-state index is -0.730. The number of nitrogens with one attached hydrogen (secondary N) is 2. The van der Waals surface area contributed by atoms with Crippen LogP contribution in [0, 0.1) is 0 Å². The van der Waals surface area contributed by atoms with Crippen LogP contribution in [-0.2, 0) is 4.79 Å². The lowest BCUT2D eigenvalue weighted by atomic mass is 9.95. The number of imide groups is 1. The first-order valence-corrected chi connectivity index (χ1v) is 4.42. The molecule has 82 valence electrons. The standard InChI is InChI=1S/C8H15N3O2.ClH/c1-8(4-2-3-5-9)6(12)10-7(13)11-8;/h2-5,9H2,1H3,(H2,10,11,12,13);1H. The summed E-state index contributed by atoms with van der Waals surface area (Å²) in [6.07, 6.45) is 2.36. The zero-order valence-corrected chi connectivity index (χ0v) is 8.95. The Labute approximate surface area is 89.2 Å². The number of unbranched alkanes of at least 4 members (excludes halogenated alkanes) is 1. The van der Waals surface area contributed by atoms with Gasteiger partial charge >= 0.3 is 6.03 Å². The summed E-state index contributed by atoms with van der Waals surface area (Å²) in [5.74, 6) is -0.241. The van der Waals surface area contributed by atoms with Gasteiger partial charge in [0.2, 0.25) is 0 Å². The average molecular weight is 222 g/mol. The molecule has 0 radical (unpaired) electrons. The molecule has 6 heteroatoms. The Hall–Kier alpha value is -0.810. The van der Waals surface area contributed by atoms with Crippen molar-refractivity contribution in [3.8, 4) is 0 Å². The van der Waals surface area contributed by atoms with E-state index in [2.05, 4.69) is 10.6 Å². The van der Waals surface area contributed by atoms with E-state index in [1.165, 1.54) is 0 Å². The van der Waals surface area contributed by atoms with Crippen molar-refractivity contribution < 1.29 is 9.59 Å². The topological polar surface area (TPSA) is 84.2 Å². The highest BCUT2D eigenvalue weighted by atomic mass is 35.5. The molecule has 1 unspecified atom stereocenters. The minimum Gasteiger partial charge on any atom is -0.330 e. The number of nitrogens with two attached hydrogens (primary N) is 1. The van der Waals surface area contributed by atoms with Crippen molar-refractivity contribution >= 4 is 24.3 Å². The van der Waals surface area contributed by atoms with Crippen LogP contribution in [0.15, 0.2) is 0 Å². The normalized spacial score (nSPS) is 25.3. The van der Waals surface area contributed by atoms with Gasteiger partial charge in [-0.15, -0.1) is 12.4 Å². The van der Waals surface area contributed by atoms with Crippen LogP contribution in [0.25, 0.3) is 0 Å². The molecule has 0 saturated carbocycles. The number of amides is 3. The van der Waals surface area contributed by atoms with Crippen LogP contribution in [0.4, 0.5) is 4.79 Å². The number of hydrogen-bond acceptors (Lipinski definition) is 3. The molecular formula is C8H16ClN3O2. The van der Waals surface area contributed by atoms with Gasteiger partial charge in [-0.05, 0) is 32.7 Å². The maximum absolute atomic E-state index is 11.3. The lowest BCUT2D eigenvalue weighted by Gasteiger charge is -2.19. The second-order valence-corrected chi connectivity index (χ2v) is 3.49. The molecule has 1 heterocycles. The lowest BCUT2D eigenvalue weighted by molar-refractivity contribution is -0.123. The number of rotatable bonds is 4. The number of carbonyl (C=O) groups excluding carboxylic acids is 2. The van der Waals surface area contributed by atoms with Crippen molar-refractivity contribution in [2.45, 2.75) is 31.7 Å². The molecular weight excluding hydrogens is 206 g/mol. The Bertz CT molecular complexity index is 235. The van der Waals surface area contributed by atoms with Crippen molar-refractivity contribution in [3.63, 3.8) is 0 Å². The third-order valence-electron chi connectivity index (χ3n) is 2.25. The van der Waals surface area contributed by atoms with Gasteiger partial charge in [-0.2, -0.15) is 0 Å². The average Bonchev–Trinajstić information content (AvgIpc) is 2.27. The van der Waals surface area contributed by atoms with Crippen LogP contribution in [0.5, 0.6) is 0 Å². The summed E-state index contributed by atoms with van der Waals surface area (Å²) in [5, 5.41) is 4.81. The van der Waals surface area contributed by atoms with Crippen molar-refractivity contribution in [2.24, 2.45) is 5.73 Å².